The van der Waals surface area contributed by atoms with Gasteiger partial charge in [-0.1, -0.05) is 17.7 Å². The van der Waals surface area contributed by atoms with Gasteiger partial charge in [0.25, 0.3) is 23.6 Å². The van der Waals surface area contributed by atoms with E-state index < -0.39 is 72.2 Å². The third-order valence-corrected chi connectivity index (χ3v) is 15.7. The van der Waals surface area contributed by atoms with Crippen molar-refractivity contribution in [1.82, 2.24) is 78.8 Å². The Balaban J connectivity index is -0.00000144. The number of aromatic nitrogens is 3. The van der Waals surface area contributed by atoms with Crippen molar-refractivity contribution in [3.8, 4) is 0 Å². The fourth-order valence-corrected chi connectivity index (χ4v) is 9.57. The Morgan fingerprint density at radius 2 is 0.703 bits per heavy atom. The van der Waals surface area contributed by atoms with Crippen LogP contribution in [-0.4, -0.2) is 224 Å². The summed E-state index contributed by atoms with van der Waals surface area (Å²) in [5, 5.41) is 84.1. The first-order valence-electron chi connectivity index (χ1n) is 36.5. The van der Waals surface area contributed by atoms with E-state index in [4.69, 9.17) is 54.3 Å². The molecule has 0 fully saturated rings. The van der Waals surface area contributed by atoms with Gasteiger partial charge in [0.2, 0.25) is 11.9 Å². The number of nitrogens with one attached hydrogen (secondary N) is 12. The van der Waals surface area contributed by atoms with Crippen molar-refractivity contribution in [1.29, 1.82) is 0 Å². The van der Waals surface area contributed by atoms with Gasteiger partial charge in [0.1, 0.15) is 12.1 Å². The zero-order chi connectivity index (χ0) is 89.6. The number of benzene rings is 1. The second-order valence-corrected chi connectivity index (χ2v) is 26.2. The van der Waals surface area contributed by atoms with Crippen molar-refractivity contribution in [3.63, 3.8) is 0 Å². The third kappa shape index (κ3) is 64.6. The minimum absolute atomic E-state index is 0.0132. The Morgan fingerprint density at radius 3 is 1.06 bits per heavy atom. The number of amides is 12. The Morgan fingerprint density at radius 1 is 0.364 bits per heavy atom. The number of pyridine rings is 3. The number of hydrogen-bond acceptors (Lipinski definition) is 23. The average molecular weight is 1780 g/mol. The monoisotopic (exact) mass is 1780 g/mol. The topological polar surface area (TPSA) is 646 Å². The van der Waals surface area contributed by atoms with E-state index in [9.17, 15) is 81.0 Å². The fourth-order valence-electron chi connectivity index (χ4n) is 9.07. The van der Waals surface area contributed by atoms with Gasteiger partial charge in [-0.3, -0.25) is 43.3 Å². The largest absolute Gasteiger partial charge is 0.481 e. The number of rotatable bonds is 46. The normalized spacial score (nSPS) is 11.0. The maximum Gasteiger partial charge on any atom is 0.373 e. The summed E-state index contributed by atoms with van der Waals surface area (Å²) in [6.07, 6.45) is 14.8. The molecule has 3 aromatic heterocycles. The third-order valence-electron chi connectivity index (χ3n) is 15.1. The lowest BCUT2D eigenvalue weighted by Crippen LogP contribution is -2.51. The molecule has 0 aliphatic rings. The van der Waals surface area contributed by atoms with Crippen LogP contribution in [0.1, 0.15) is 196 Å². The number of carbonyl (C=O) groups is 14. The van der Waals surface area contributed by atoms with Crippen molar-refractivity contribution < 1.29 is 135 Å². The molecule has 4 aromatic rings. The van der Waals surface area contributed by atoms with Crippen molar-refractivity contribution in [2.45, 2.75) is 186 Å². The molecule has 0 aliphatic heterocycles. The van der Waals surface area contributed by atoms with E-state index in [1.165, 1.54) is 30.7 Å². The summed E-state index contributed by atoms with van der Waals surface area (Å²) >= 11 is 2.11. The van der Waals surface area contributed by atoms with Crippen LogP contribution < -0.4 is 63.8 Å². The zero-order valence-electron chi connectivity index (χ0n) is 65.3. The average Bonchev–Trinajstić information content (AvgIpc) is 0.885. The second kappa shape index (κ2) is 69.7. The Labute approximate surface area is 690 Å². The van der Waals surface area contributed by atoms with Crippen LogP contribution in [-0.2, 0) is 57.5 Å². The summed E-state index contributed by atoms with van der Waals surface area (Å²) in [7, 11) is 0. The molecule has 5 atom stereocenters. The second-order valence-electron chi connectivity index (χ2n) is 25.0. The summed E-state index contributed by atoms with van der Waals surface area (Å²) in [5.74, 6) is -8.93. The molecule has 44 heteroatoms. The van der Waals surface area contributed by atoms with Crippen LogP contribution in [0.3, 0.4) is 0 Å². The number of halogens is 3. The van der Waals surface area contributed by atoms with Crippen molar-refractivity contribution in [2.24, 2.45) is 0 Å². The van der Waals surface area contributed by atoms with E-state index >= 15 is 0 Å². The lowest BCUT2D eigenvalue weighted by Gasteiger charge is -2.18. The zero-order valence-corrected chi connectivity index (χ0v) is 67.5. The lowest BCUT2D eigenvalue weighted by atomic mass is 10.1. The molecular weight excluding hydrogens is 1680 g/mol. The molecule has 118 heavy (non-hydrogen) atoms. The van der Waals surface area contributed by atoms with Crippen LogP contribution in [0, 0.1) is 22.4 Å². The van der Waals surface area contributed by atoms with Crippen LogP contribution in [0.4, 0.5) is 28.0 Å². The predicted molar refractivity (Wildman–Crippen MR) is 416 cm³/mol. The minimum atomic E-state index is -1.46. The molecule has 650 valence electrons. The van der Waals surface area contributed by atoms with Crippen LogP contribution in [0.25, 0.3) is 0 Å². The van der Waals surface area contributed by atoms with Crippen LogP contribution in [0.15, 0.2) is 79.4 Å². The first-order chi connectivity index (χ1) is 56.0. The standard InChI is InChI=1S/C20H27N3O8.2C17H25FN4O4.C17H25IN4O4.3CO2/c1-12-5-7-13(8-6-12)17(26)21-11-3-2-4-14(18(27)28)22-20(31)23-15(19(29)30)9-10-16(24)25;1-12(5-8-15(23)24)22-17(26)20-10-4-2-3-9-19-16(25)13-6-7-14(18)21-11-13;1-12(5-6-15(23)24)22-17(26)21-9-4-2-3-8-20-16(25)13-7-10-19-14(18)11-13;1-12(5-6-15(23)24)22-17(26)21-8-4-2-3-7-20-16(25)13-9-14(18)11-19-10-13;3*2-1-3/h5-8,14-15H,2-4,9-11H2,1H3,(H,21,26)(H,24,25)(H,27,28)(H,29,30)(H2,22,23,31);6-7,11-12H,2-5,8-10H2,1H3,(H,19,25)(H,23,24)(H2,20,22,26);7,10-12H,2-6,8-9H2,1H3,(H,20,25)(H,23,24)(H2,21,22,26);9-12H,2-8H2,1H3,(H,20,25)(H,23,24)(H2,21,22,26);;;/t14-,15-;;;;;;/m0....../s1/i;2*18-1;18-2;;;. The minimum Gasteiger partial charge on any atom is -0.481 e. The van der Waals surface area contributed by atoms with E-state index in [1.807, 2.05) is 19.1 Å². The quantitative estimate of drug-likeness (QED) is 0.0162. The Bertz CT molecular complexity index is 3700. The number of urea groups is 4. The summed E-state index contributed by atoms with van der Waals surface area (Å²) in [6.45, 7) is 10.5. The Hall–Kier alpha value is -12.8. The van der Waals surface area contributed by atoms with Gasteiger partial charge >= 0.3 is 78.4 Å². The number of carbonyl (C=O) groups excluding carboxylic acids is 14. The van der Waals surface area contributed by atoms with Gasteiger partial charge in [0.05, 0.1) is 11.1 Å². The summed E-state index contributed by atoms with van der Waals surface area (Å²) < 4.78 is 26.5. The summed E-state index contributed by atoms with van der Waals surface area (Å²) in [5.41, 5.74) is 2.63. The molecule has 0 radical (unpaired) electrons. The number of carboxylic acids is 6. The van der Waals surface area contributed by atoms with E-state index in [0.29, 0.717) is 94.6 Å². The van der Waals surface area contributed by atoms with Gasteiger partial charge in [-0.25, -0.2) is 38.7 Å². The highest BCUT2D eigenvalue weighted by molar-refractivity contribution is 14.1. The van der Waals surface area contributed by atoms with E-state index in [1.54, 1.807) is 45.2 Å². The maximum absolute atomic E-state index is 12.9. The SMILES string of the molecule is CC(CCC(=O)O)NC(=O)NCCCCCNC(=O)c1ccc([18F])nc1.CC(CCC(=O)O)NC(=O)NCCCCCNC(=O)c1ccnc([18F])c1.CC(CCC(=O)O)NC(=O)NCCCCCNC(=O)c1cncc([125I])c1.Cc1ccc(C(=O)NCCCC[C@H](NC(=O)N[C@@H](CCC(=O)O)C(=O)O)C(=O)O)cc1.O=C=O.O=C=O.O=C=O. The smallest absolute Gasteiger partial charge is 0.373 e. The number of unbranched alkanes of at least 4 members (excludes halogenated alkanes) is 7. The number of hydrogen-bond donors (Lipinski definition) is 18. The molecule has 0 saturated carbocycles. The molecule has 0 spiro atoms. The number of aliphatic carboxylic acids is 6. The van der Waals surface area contributed by atoms with Gasteiger partial charge in [-0.05, 0) is 189 Å². The van der Waals surface area contributed by atoms with Crippen molar-refractivity contribution in [3.05, 3.63) is 123 Å². The fraction of sp³-hybridized carbons (Fsp3) is 0.486. The van der Waals surface area contributed by atoms with Crippen LogP contribution in [0.2, 0.25) is 0 Å². The maximum atomic E-state index is 12.9. The van der Waals surface area contributed by atoms with Crippen LogP contribution in [0.5, 0.6) is 0 Å². The highest BCUT2D eigenvalue weighted by atomic mass is 125. The number of aryl methyl sites for hydroxylation is 1. The van der Waals surface area contributed by atoms with E-state index in [-0.39, 0.29) is 116 Å². The first kappa shape index (κ1) is 109. The number of nitrogens with zero attached hydrogens (tertiary/aromatic N) is 3. The summed E-state index contributed by atoms with van der Waals surface area (Å²) in [4.78, 5) is 218. The van der Waals surface area contributed by atoms with E-state index in [2.05, 4.69) is 101 Å². The van der Waals surface area contributed by atoms with Gasteiger partial charge in [0, 0.05) is 135 Å². The molecular formula is C74H102F2IN15O26. The molecule has 12 amide bonds. The molecule has 0 saturated heterocycles. The molecule has 0 aliphatic carbocycles. The molecule has 3 heterocycles. The number of carboxylic acid groups (broad SMARTS) is 6. The lowest BCUT2D eigenvalue weighted by molar-refractivity contribution is -0.193. The molecule has 41 nitrogen and oxygen atoms in total. The van der Waals surface area contributed by atoms with Crippen molar-refractivity contribution >= 4 is 125 Å². The van der Waals surface area contributed by atoms with Gasteiger partial charge in [-0.15, -0.1) is 0 Å². The van der Waals surface area contributed by atoms with Crippen LogP contribution >= 0.6 is 22.6 Å². The molecule has 1 aromatic carbocycles. The van der Waals surface area contributed by atoms with Crippen molar-refractivity contribution in [2.75, 3.05) is 45.8 Å². The van der Waals surface area contributed by atoms with E-state index in [0.717, 1.165) is 79.1 Å². The predicted octanol–water partition coefficient (Wildman–Crippen LogP) is 4.70. The highest BCUT2D eigenvalue weighted by Gasteiger charge is 2.25. The summed E-state index contributed by atoms with van der Waals surface area (Å²) in [6, 6.07) is 8.59. The Kier molecular flexibility index (Phi) is 64.5. The highest BCUT2D eigenvalue weighted by Crippen LogP contribution is 2.10. The molecule has 4 rings (SSSR count). The molecule has 3 unspecified atom stereocenters. The van der Waals surface area contributed by atoms with Gasteiger partial charge in [0.15, 0.2) is 0 Å². The first-order valence-corrected chi connectivity index (χ1v) is 37.6. The van der Waals surface area contributed by atoms with Gasteiger partial charge in [-0.2, -0.15) is 37.5 Å². The van der Waals surface area contributed by atoms with Gasteiger partial charge < -0.3 is 94.4 Å². The molecule has 0 bridgehead atoms. The molecule has 18 N–H and O–H groups in total.